The summed E-state index contributed by atoms with van der Waals surface area (Å²) < 4.78 is 0. The first-order valence-corrected chi connectivity index (χ1v) is 4.49. The highest BCUT2D eigenvalue weighted by Gasteiger charge is 2.57. The molecule has 0 aromatic carbocycles. The minimum Gasteiger partial charge on any atom is -0.300 e. The first-order valence-electron chi connectivity index (χ1n) is 4.49. The molecule has 0 saturated heterocycles. The third-order valence-electron chi connectivity index (χ3n) is 3.81. The van der Waals surface area contributed by atoms with Crippen LogP contribution in [0.15, 0.2) is 0 Å². The average Bonchev–Trinajstić information content (AvgIpc) is 2.09. The third kappa shape index (κ3) is 0.809. The standard InChI is InChI=1S/C10H14O2/c1-9-3-7(11)5-10(9,2)6-8(12)4-9/h3-6H2,1-2H3. The second-order valence-electron chi connectivity index (χ2n) is 4.91. The number of carbonyl (C=O) groups is 2. The molecular weight excluding hydrogens is 152 g/mol. The maximum Gasteiger partial charge on any atom is 0.134 e. The van der Waals surface area contributed by atoms with Gasteiger partial charge in [0, 0.05) is 25.7 Å². The highest BCUT2D eigenvalue weighted by molar-refractivity contribution is 5.90. The van der Waals surface area contributed by atoms with Crippen LogP contribution in [0.1, 0.15) is 39.5 Å². The molecule has 0 aromatic heterocycles. The lowest BCUT2D eigenvalue weighted by Crippen LogP contribution is -2.25. The highest BCUT2D eigenvalue weighted by atomic mass is 16.1. The molecule has 0 spiro atoms. The zero-order chi connectivity index (χ0) is 8.98. The number of hydrogen-bond donors (Lipinski definition) is 0. The first-order chi connectivity index (χ1) is 5.45. The molecule has 0 N–H and O–H groups in total. The van der Waals surface area contributed by atoms with E-state index in [0.29, 0.717) is 37.2 Å². The van der Waals surface area contributed by atoms with Crippen molar-refractivity contribution in [3.05, 3.63) is 0 Å². The van der Waals surface area contributed by atoms with Crippen molar-refractivity contribution in [1.29, 1.82) is 0 Å². The van der Waals surface area contributed by atoms with Crippen LogP contribution in [0.5, 0.6) is 0 Å². The van der Waals surface area contributed by atoms with Gasteiger partial charge in [-0.15, -0.1) is 0 Å². The maximum atomic E-state index is 11.3. The summed E-state index contributed by atoms with van der Waals surface area (Å²) >= 11 is 0. The van der Waals surface area contributed by atoms with Crippen LogP contribution in [0.4, 0.5) is 0 Å². The van der Waals surface area contributed by atoms with E-state index in [1.807, 2.05) is 0 Å². The molecular formula is C10H14O2. The molecule has 0 unspecified atom stereocenters. The van der Waals surface area contributed by atoms with E-state index in [0.717, 1.165) is 0 Å². The van der Waals surface area contributed by atoms with Crippen LogP contribution in [0.2, 0.25) is 0 Å². The molecule has 2 nitrogen and oxygen atoms in total. The lowest BCUT2D eigenvalue weighted by atomic mass is 9.71. The van der Waals surface area contributed by atoms with Crippen molar-refractivity contribution >= 4 is 11.6 Å². The summed E-state index contributed by atoms with van der Waals surface area (Å²) in [7, 11) is 0. The largest absolute Gasteiger partial charge is 0.300 e. The van der Waals surface area contributed by atoms with Gasteiger partial charge < -0.3 is 0 Å². The van der Waals surface area contributed by atoms with Crippen molar-refractivity contribution < 1.29 is 9.59 Å². The van der Waals surface area contributed by atoms with Gasteiger partial charge in [-0.1, -0.05) is 13.8 Å². The van der Waals surface area contributed by atoms with Crippen molar-refractivity contribution in [1.82, 2.24) is 0 Å². The number of ketones is 2. The number of hydrogen-bond acceptors (Lipinski definition) is 2. The van der Waals surface area contributed by atoms with Crippen LogP contribution >= 0.6 is 0 Å². The summed E-state index contributed by atoms with van der Waals surface area (Å²) in [4.78, 5) is 22.5. The molecule has 2 saturated carbocycles. The van der Waals surface area contributed by atoms with Gasteiger partial charge in [0.25, 0.3) is 0 Å². The Labute approximate surface area is 72.3 Å². The zero-order valence-electron chi connectivity index (χ0n) is 7.64. The Morgan fingerprint density at radius 1 is 0.833 bits per heavy atom. The van der Waals surface area contributed by atoms with Gasteiger partial charge >= 0.3 is 0 Å². The Hall–Kier alpha value is -0.660. The molecule has 2 aliphatic rings. The van der Waals surface area contributed by atoms with Gasteiger partial charge in [-0.05, 0) is 10.8 Å². The van der Waals surface area contributed by atoms with E-state index in [9.17, 15) is 9.59 Å². The fourth-order valence-electron chi connectivity index (χ4n) is 2.84. The second kappa shape index (κ2) is 1.98. The van der Waals surface area contributed by atoms with Gasteiger partial charge in [-0.25, -0.2) is 0 Å². The molecule has 0 aromatic rings. The first kappa shape index (κ1) is 7.96. The van der Waals surface area contributed by atoms with Gasteiger partial charge in [-0.3, -0.25) is 9.59 Å². The Morgan fingerprint density at radius 3 is 1.33 bits per heavy atom. The van der Waals surface area contributed by atoms with Crippen LogP contribution in [0.3, 0.4) is 0 Å². The van der Waals surface area contributed by atoms with Crippen LogP contribution in [-0.4, -0.2) is 11.6 Å². The Morgan fingerprint density at radius 2 is 1.08 bits per heavy atom. The molecule has 2 aliphatic carbocycles. The van der Waals surface area contributed by atoms with E-state index in [1.54, 1.807) is 0 Å². The molecule has 2 rings (SSSR count). The summed E-state index contributed by atoms with van der Waals surface area (Å²) in [6, 6.07) is 0. The van der Waals surface area contributed by atoms with Crippen LogP contribution in [-0.2, 0) is 9.59 Å². The summed E-state index contributed by atoms with van der Waals surface area (Å²) in [5.41, 5.74) is -0.0255. The minimum atomic E-state index is -0.0127. The average molecular weight is 166 g/mol. The second-order valence-corrected chi connectivity index (χ2v) is 4.91. The molecule has 0 radical (unpaired) electrons. The SMILES string of the molecule is CC12CC(=O)CC1(C)CC(=O)C2. The maximum absolute atomic E-state index is 11.3. The quantitative estimate of drug-likeness (QED) is 0.549. The molecule has 66 valence electrons. The highest BCUT2D eigenvalue weighted by Crippen LogP contribution is 2.59. The van der Waals surface area contributed by atoms with Gasteiger partial charge in [0.1, 0.15) is 11.6 Å². The summed E-state index contributed by atoms with van der Waals surface area (Å²) in [5.74, 6) is 0.681. The molecule has 0 bridgehead atoms. The van der Waals surface area contributed by atoms with E-state index in [4.69, 9.17) is 0 Å². The topological polar surface area (TPSA) is 34.1 Å². The normalized spacial score (nSPS) is 46.8. The number of fused-ring (bicyclic) bond motifs is 1. The predicted molar refractivity (Wildman–Crippen MR) is 44.7 cm³/mol. The van der Waals surface area contributed by atoms with Crippen LogP contribution in [0, 0.1) is 10.8 Å². The Bertz CT molecular complexity index is 221. The minimum absolute atomic E-state index is 0.0127. The van der Waals surface area contributed by atoms with Crippen molar-refractivity contribution in [2.75, 3.05) is 0 Å². The lowest BCUT2D eigenvalue weighted by Gasteiger charge is -2.31. The molecule has 2 fully saturated rings. The summed E-state index contributed by atoms with van der Waals surface area (Å²) in [6.45, 7) is 4.17. The zero-order valence-corrected chi connectivity index (χ0v) is 7.64. The Balaban J connectivity index is 2.38. The summed E-state index contributed by atoms with van der Waals surface area (Å²) in [6.07, 6.45) is 2.48. The number of rotatable bonds is 0. The molecule has 12 heavy (non-hydrogen) atoms. The van der Waals surface area contributed by atoms with E-state index in [1.165, 1.54) is 0 Å². The van der Waals surface area contributed by atoms with Gasteiger partial charge in [0.05, 0.1) is 0 Å². The molecule has 0 amide bonds. The third-order valence-corrected chi connectivity index (χ3v) is 3.81. The van der Waals surface area contributed by atoms with E-state index in [2.05, 4.69) is 13.8 Å². The Kier molecular flexibility index (Phi) is 1.31. The van der Waals surface area contributed by atoms with E-state index >= 15 is 0 Å². The van der Waals surface area contributed by atoms with Crippen molar-refractivity contribution in [2.24, 2.45) is 10.8 Å². The fourth-order valence-corrected chi connectivity index (χ4v) is 2.84. The van der Waals surface area contributed by atoms with Gasteiger partial charge in [0.15, 0.2) is 0 Å². The number of carbonyl (C=O) groups excluding carboxylic acids is 2. The molecule has 2 heteroatoms. The predicted octanol–water partition coefficient (Wildman–Crippen LogP) is 1.72. The van der Waals surface area contributed by atoms with Crippen molar-refractivity contribution in [3.63, 3.8) is 0 Å². The number of Topliss-reactive ketones (excluding diaryl/α,β-unsaturated/α-hetero) is 2. The van der Waals surface area contributed by atoms with Gasteiger partial charge in [-0.2, -0.15) is 0 Å². The smallest absolute Gasteiger partial charge is 0.134 e. The fraction of sp³-hybridized carbons (Fsp3) is 0.800. The van der Waals surface area contributed by atoms with Crippen molar-refractivity contribution in [2.45, 2.75) is 39.5 Å². The van der Waals surface area contributed by atoms with Gasteiger partial charge in [0.2, 0.25) is 0 Å². The lowest BCUT2D eigenvalue weighted by molar-refractivity contribution is -0.120. The molecule has 0 aliphatic heterocycles. The van der Waals surface area contributed by atoms with Crippen molar-refractivity contribution in [3.8, 4) is 0 Å². The molecule has 0 heterocycles. The van der Waals surface area contributed by atoms with Crippen LogP contribution in [0.25, 0.3) is 0 Å². The van der Waals surface area contributed by atoms with E-state index in [-0.39, 0.29) is 10.8 Å². The summed E-state index contributed by atoms with van der Waals surface area (Å²) in [5, 5.41) is 0. The van der Waals surface area contributed by atoms with E-state index < -0.39 is 0 Å². The monoisotopic (exact) mass is 166 g/mol. The van der Waals surface area contributed by atoms with Crippen LogP contribution < -0.4 is 0 Å². The molecule has 0 atom stereocenters.